The SMILES string of the molecule is Cc1ccc2c(c1)C(C)(C)C(=CC=CC1=[N+](Cc3ccc(C(C)C(=O)O)cc3)c3ccc(S(=O)(=O)O)cc3C1(C)C)N2Cc1ccc(C(C)C(=O)O)cc1. The fourth-order valence-corrected chi connectivity index (χ4v) is 8.16. The lowest BCUT2D eigenvalue weighted by Crippen LogP contribution is -2.28. The Morgan fingerprint density at radius 2 is 1.35 bits per heavy atom. The molecule has 6 rings (SSSR count). The summed E-state index contributed by atoms with van der Waals surface area (Å²) < 4.78 is 36.5. The van der Waals surface area contributed by atoms with Crippen LogP contribution in [0, 0.1) is 6.92 Å². The Morgan fingerprint density at radius 1 is 0.778 bits per heavy atom. The van der Waals surface area contributed by atoms with Gasteiger partial charge in [0.2, 0.25) is 5.69 Å². The molecule has 2 aliphatic rings. The van der Waals surface area contributed by atoms with Crippen LogP contribution in [0.5, 0.6) is 0 Å². The fraction of sp³-hybridized carbons (Fsp3) is 0.295. The Balaban J connectivity index is 1.42. The van der Waals surface area contributed by atoms with E-state index in [-0.39, 0.29) is 10.3 Å². The molecule has 10 heteroatoms. The van der Waals surface area contributed by atoms with E-state index in [0.717, 1.165) is 50.6 Å². The van der Waals surface area contributed by atoms with Gasteiger partial charge in [-0.05, 0) is 81.1 Å². The number of hydrogen-bond donors (Lipinski definition) is 3. The van der Waals surface area contributed by atoms with Gasteiger partial charge in [-0.2, -0.15) is 13.0 Å². The quantitative estimate of drug-likeness (QED) is 0.103. The first kappa shape index (κ1) is 38.4. The van der Waals surface area contributed by atoms with Crippen molar-refractivity contribution in [1.82, 2.24) is 0 Å². The largest absolute Gasteiger partial charge is 0.481 e. The molecule has 0 amide bonds. The first-order valence-electron chi connectivity index (χ1n) is 18.0. The van der Waals surface area contributed by atoms with Crippen molar-refractivity contribution in [2.75, 3.05) is 4.90 Å². The number of benzene rings is 4. The minimum absolute atomic E-state index is 0.171. The van der Waals surface area contributed by atoms with Gasteiger partial charge in [-0.25, -0.2) is 0 Å². The van der Waals surface area contributed by atoms with E-state index in [0.29, 0.717) is 18.7 Å². The van der Waals surface area contributed by atoms with Crippen LogP contribution in [0.15, 0.2) is 114 Å². The number of allylic oxidation sites excluding steroid dienone is 4. The van der Waals surface area contributed by atoms with Gasteiger partial charge in [-0.1, -0.05) is 86.2 Å². The summed E-state index contributed by atoms with van der Waals surface area (Å²) in [5.74, 6) is -3.00. The van der Waals surface area contributed by atoms with Gasteiger partial charge in [-0.15, -0.1) is 0 Å². The van der Waals surface area contributed by atoms with Crippen molar-refractivity contribution in [3.8, 4) is 0 Å². The van der Waals surface area contributed by atoms with Gasteiger partial charge in [0.05, 0.1) is 22.1 Å². The zero-order chi connectivity index (χ0) is 39.3. The molecular formula is C44H47N2O7S+. The van der Waals surface area contributed by atoms with Crippen LogP contribution in [0.3, 0.4) is 0 Å². The van der Waals surface area contributed by atoms with Crippen LogP contribution in [0.2, 0.25) is 0 Å². The highest BCUT2D eigenvalue weighted by molar-refractivity contribution is 7.85. The molecule has 54 heavy (non-hydrogen) atoms. The van der Waals surface area contributed by atoms with Crippen molar-refractivity contribution in [2.24, 2.45) is 0 Å². The summed E-state index contributed by atoms with van der Waals surface area (Å²) in [7, 11) is -4.44. The molecule has 0 fully saturated rings. The molecule has 0 saturated carbocycles. The molecule has 0 bridgehead atoms. The lowest BCUT2D eigenvalue weighted by molar-refractivity contribution is -0.455. The molecule has 2 heterocycles. The van der Waals surface area contributed by atoms with Crippen LogP contribution in [0.4, 0.5) is 11.4 Å². The molecule has 4 aromatic rings. The second-order valence-electron chi connectivity index (χ2n) is 15.5. The number of aryl methyl sites for hydroxylation is 1. The molecule has 280 valence electrons. The van der Waals surface area contributed by atoms with E-state index in [1.54, 1.807) is 19.9 Å². The third kappa shape index (κ3) is 7.15. The maximum Gasteiger partial charge on any atom is 0.310 e. The molecule has 4 aromatic carbocycles. The van der Waals surface area contributed by atoms with Crippen molar-refractivity contribution in [3.63, 3.8) is 0 Å². The molecule has 0 aliphatic carbocycles. The van der Waals surface area contributed by atoms with Gasteiger partial charge in [0.15, 0.2) is 12.3 Å². The van der Waals surface area contributed by atoms with Crippen molar-refractivity contribution in [2.45, 2.75) is 89.1 Å². The summed E-state index contributed by atoms with van der Waals surface area (Å²) in [5, 5.41) is 19.0. The third-order valence-corrected chi connectivity index (χ3v) is 11.9. The first-order chi connectivity index (χ1) is 25.3. The summed E-state index contributed by atoms with van der Waals surface area (Å²) in [6.45, 7) is 14.9. The molecule has 0 saturated heterocycles. The number of hydrogen-bond acceptors (Lipinski definition) is 5. The fourth-order valence-electron chi connectivity index (χ4n) is 7.65. The van der Waals surface area contributed by atoms with E-state index in [2.05, 4.69) is 60.6 Å². The van der Waals surface area contributed by atoms with Crippen molar-refractivity contribution in [3.05, 3.63) is 148 Å². The summed E-state index contributed by atoms with van der Waals surface area (Å²) in [5.41, 5.74) is 9.49. The molecule has 2 aliphatic heterocycles. The highest BCUT2D eigenvalue weighted by Gasteiger charge is 2.45. The van der Waals surface area contributed by atoms with Gasteiger partial charge in [-0.3, -0.25) is 14.1 Å². The van der Waals surface area contributed by atoms with Crippen LogP contribution in [-0.2, 0) is 43.6 Å². The first-order valence-corrected chi connectivity index (χ1v) is 19.4. The molecule has 0 spiro atoms. The molecule has 3 N–H and O–H groups in total. The van der Waals surface area contributed by atoms with Crippen LogP contribution < -0.4 is 4.90 Å². The Hall–Kier alpha value is -5.32. The van der Waals surface area contributed by atoms with Crippen LogP contribution >= 0.6 is 0 Å². The van der Waals surface area contributed by atoms with Crippen molar-refractivity contribution < 1.29 is 37.3 Å². The number of nitrogens with zero attached hydrogens (tertiary/aromatic N) is 2. The summed E-state index contributed by atoms with van der Waals surface area (Å²) >= 11 is 0. The molecule has 0 radical (unpaired) electrons. The number of carboxylic acids is 2. The number of carboxylic acid groups (broad SMARTS) is 2. The number of carbonyl (C=O) groups is 2. The second-order valence-corrected chi connectivity index (χ2v) is 16.9. The Bertz CT molecular complexity index is 2350. The minimum Gasteiger partial charge on any atom is -0.481 e. The zero-order valence-corrected chi connectivity index (χ0v) is 32.5. The van der Waals surface area contributed by atoms with Crippen molar-refractivity contribution >= 4 is 39.1 Å². The summed E-state index contributed by atoms with van der Waals surface area (Å²) in [4.78, 5) is 25.3. The maximum atomic E-state index is 12.2. The number of fused-ring (bicyclic) bond motifs is 2. The average Bonchev–Trinajstić information content (AvgIpc) is 3.45. The normalized spacial score (nSPS) is 17.9. The van der Waals surface area contributed by atoms with E-state index in [4.69, 9.17) is 0 Å². The van der Waals surface area contributed by atoms with E-state index in [9.17, 15) is 32.8 Å². The molecule has 0 aromatic heterocycles. The highest BCUT2D eigenvalue weighted by Crippen LogP contribution is 2.49. The lowest BCUT2D eigenvalue weighted by Gasteiger charge is -2.27. The maximum absolute atomic E-state index is 12.2. The lowest BCUT2D eigenvalue weighted by atomic mass is 9.81. The van der Waals surface area contributed by atoms with Gasteiger partial charge in [0, 0.05) is 46.6 Å². The minimum atomic E-state index is -4.44. The Labute approximate surface area is 317 Å². The molecular weight excluding hydrogens is 701 g/mol. The standard InChI is InChI=1S/C44H46N2O7S/c1-27-11-21-37-35(23-27)43(4,5)39(45(37)25-30-12-16-32(17-13-30)28(2)41(47)48)9-8-10-40-44(6,7)36-24-34(54(51,52)53)20-22-38(36)46(40)26-31-14-18-33(19-15-31)29(3)42(49)50/h8-24,28-29H,25-26H2,1-7H3,(H2-,47,48,49,50,51,52,53)/p+1. The van der Waals surface area contributed by atoms with Gasteiger partial charge in [0.1, 0.15) is 0 Å². The monoisotopic (exact) mass is 747 g/mol. The van der Waals surface area contributed by atoms with Crippen LogP contribution in [0.25, 0.3) is 0 Å². The van der Waals surface area contributed by atoms with Gasteiger partial charge < -0.3 is 15.1 Å². The Kier molecular flexibility index (Phi) is 10.1. The summed E-state index contributed by atoms with van der Waals surface area (Å²) in [6.07, 6.45) is 6.23. The van der Waals surface area contributed by atoms with Gasteiger partial charge >= 0.3 is 11.9 Å². The van der Waals surface area contributed by atoms with Gasteiger partial charge in [0.25, 0.3) is 10.1 Å². The molecule has 9 nitrogen and oxygen atoms in total. The van der Waals surface area contributed by atoms with E-state index in [1.165, 1.54) is 17.7 Å². The van der Waals surface area contributed by atoms with Crippen LogP contribution in [-0.4, -0.2) is 45.4 Å². The van der Waals surface area contributed by atoms with E-state index >= 15 is 0 Å². The molecule has 2 unspecified atom stereocenters. The number of aliphatic carboxylic acids is 2. The van der Waals surface area contributed by atoms with E-state index in [1.807, 2.05) is 68.5 Å². The van der Waals surface area contributed by atoms with E-state index < -0.39 is 39.3 Å². The topological polar surface area (TPSA) is 135 Å². The third-order valence-electron chi connectivity index (χ3n) is 11.1. The second kappa shape index (κ2) is 14.2. The zero-order valence-electron chi connectivity index (χ0n) is 31.7. The Morgan fingerprint density at radius 3 is 1.91 bits per heavy atom. The smallest absolute Gasteiger partial charge is 0.310 e. The molecule has 2 atom stereocenters. The average molecular weight is 748 g/mol. The predicted molar refractivity (Wildman–Crippen MR) is 211 cm³/mol. The highest BCUT2D eigenvalue weighted by atomic mass is 32.2. The van der Waals surface area contributed by atoms with Crippen molar-refractivity contribution in [1.29, 1.82) is 0 Å². The summed E-state index contributed by atoms with van der Waals surface area (Å²) in [6, 6.07) is 26.4. The number of rotatable bonds is 11. The number of anilines is 1. The van der Waals surface area contributed by atoms with Crippen LogP contribution in [0.1, 0.15) is 92.3 Å². The predicted octanol–water partition coefficient (Wildman–Crippen LogP) is 8.63.